The van der Waals surface area contributed by atoms with Gasteiger partial charge in [0.2, 0.25) is 5.91 Å². The Hall–Kier alpha value is -1.35. The molecule has 3 nitrogen and oxygen atoms in total. The molecule has 1 amide bonds. The Labute approximate surface area is 102 Å². The van der Waals surface area contributed by atoms with Crippen molar-refractivity contribution in [2.45, 2.75) is 37.6 Å². The lowest BCUT2D eigenvalue weighted by Gasteiger charge is -2.38. The van der Waals surface area contributed by atoms with Crippen LogP contribution in [0.15, 0.2) is 30.3 Å². The number of nitrogens with two attached hydrogens (primary N) is 1. The first kappa shape index (κ1) is 12.1. The molecule has 0 atom stereocenters. The van der Waals surface area contributed by atoms with E-state index in [1.54, 1.807) is 0 Å². The number of carbonyl (C=O) groups is 1. The van der Waals surface area contributed by atoms with Crippen LogP contribution in [0.4, 0.5) is 0 Å². The summed E-state index contributed by atoms with van der Waals surface area (Å²) in [5.74, 6) is -0.0595. The van der Waals surface area contributed by atoms with Gasteiger partial charge in [-0.05, 0) is 18.4 Å². The number of amides is 1. The van der Waals surface area contributed by atoms with Crippen LogP contribution in [0, 0.1) is 0 Å². The Kier molecular flexibility index (Phi) is 3.79. The van der Waals surface area contributed by atoms with Gasteiger partial charge in [-0.25, -0.2) is 0 Å². The molecule has 1 aliphatic carbocycles. The summed E-state index contributed by atoms with van der Waals surface area (Å²) in [4.78, 5) is 11.6. The molecule has 0 aromatic heterocycles. The van der Waals surface area contributed by atoms with Crippen molar-refractivity contribution in [3.05, 3.63) is 35.9 Å². The average molecular weight is 232 g/mol. The highest BCUT2D eigenvalue weighted by atomic mass is 16.2. The second-order valence-corrected chi connectivity index (χ2v) is 4.76. The van der Waals surface area contributed by atoms with Crippen molar-refractivity contribution in [1.82, 2.24) is 5.32 Å². The van der Waals surface area contributed by atoms with Crippen molar-refractivity contribution in [2.75, 3.05) is 6.54 Å². The zero-order valence-electron chi connectivity index (χ0n) is 10.1. The van der Waals surface area contributed by atoms with Crippen molar-refractivity contribution < 1.29 is 4.79 Å². The number of carbonyl (C=O) groups excluding carboxylic acids is 1. The van der Waals surface area contributed by atoms with Crippen LogP contribution in [-0.2, 0) is 10.3 Å². The van der Waals surface area contributed by atoms with E-state index in [1.165, 1.54) is 24.8 Å². The van der Waals surface area contributed by atoms with E-state index in [-0.39, 0.29) is 18.0 Å². The Morgan fingerprint density at radius 1 is 1.18 bits per heavy atom. The van der Waals surface area contributed by atoms with Crippen molar-refractivity contribution in [3.8, 4) is 0 Å². The molecule has 1 aromatic carbocycles. The fraction of sp³-hybridized carbons (Fsp3) is 0.500. The number of hydrogen-bond acceptors (Lipinski definition) is 2. The minimum atomic E-state index is -0.185. The van der Waals surface area contributed by atoms with Gasteiger partial charge in [0.1, 0.15) is 0 Å². The minimum absolute atomic E-state index is 0.0595. The second-order valence-electron chi connectivity index (χ2n) is 4.76. The van der Waals surface area contributed by atoms with Crippen LogP contribution in [0.3, 0.4) is 0 Å². The molecule has 1 saturated carbocycles. The van der Waals surface area contributed by atoms with Crippen LogP contribution in [0.2, 0.25) is 0 Å². The van der Waals surface area contributed by atoms with Gasteiger partial charge in [-0.2, -0.15) is 0 Å². The first-order valence-corrected chi connectivity index (χ1v) is 6.33. The van der Waals surface area contributed by atoms with Gasteiger partial charge < -0.3 is 11.1 Å². The van der Waals surface area contributed by atoms with Gasteiger partial charge in [0.25, 0.3) is 0 Å². The zero-order chi connectivity index (χ0) is 12.1. The molecule has 1 fully saturated rings. The summed E-state index contributed by atoms with van der Waals surface area (Å²) in [6.07, 6.45) is 5.62. The van der Waals surface area contributed by atoms with E-state index in [9.17, 15) is 4.79 Å². The Bertz CT molecular complexity index is 369. The molecule has 0 aliphatic heterocycles. The van der Waals surface area contributed by atoms with Gasteiger partial charge in [0, 0.05) is 0 Å². The van der Waals surface area contributed by atoms with E-state index < -0.39 is 0 Å². The molecule has 1 aromatic rings. The molecule has 3 heteroatoms. The lowest BCUT2D eigenvalue weighted by molar-refractivity contribution is -0.122. The summed E-state index contributed by atoms with van der Waals surface area (Å²) < 4.78 is 0. The largest absolute Gasteiger partial charge is 0.345 e. The van der Waals surface area contributed by atoms with Crippen LogP contribution in [-0.4, -0.2) is 12.5 Å². The van der Waals surface area contributed by atoms with Crippen LogP contribution in [0.25, 0.3) is 0 Å². The first-order valence-electron chi connectivity index (χ1n) is 6.33. The topological polar surface area (TPSA) is 55.1 Å². The molecule has 0 unspecified atom stereocenters. The normalized spacial score (nSPS) is 18.6. The fourth-order valence-electron chi connectivity index (χ4n) is 2.72. The van der Waals surface area contributed by atoms with E-state index >= 15 is 0 Å². The van der Waals surface area contributed by atoms with Crippen molar-refractivity contribution in [2.24, 2.45) is 5.73 Å². The number of benzene rings is 1. The van der Waals surface area contributed by atoms with Gasteiger partial charge in [-0.1, -0.05) is 49.6 Å². The maximum Gasteiger partial charge on any atom is 0.234 e. The maximum absolute atomic E-state index is 11.6. The SMILES string of the molecule is NCC(=O)NC1(c2ccccc2)CCCCC1. The molecule has 2 rings (SSSR count). The highest BCUT2D eigenvalue weighted by Crippen LogP contribution is 2.36. The quantitative estimate of drug-likeness (QED) is 0.836. The van der Waals surface area contributed by atoms with Crippen LogP contribution in [0.5, 0.6) is 0 Å². The van der Waals surface area contributed by atoms with Gasteiger partial charge in [-0.15, -0.1) is 0 Å². The Balaban J connectivity index is 2.26. The molecule has 17 heavy (non-hydrogen) atoms. The molecule has 92 valence electrons. The second kappa shape index (κ2) is 5.32. The third-order valence-electron chi connectivity index (χ3n) is 3.60. The maximum atomic E-state index is 11.6. The number of rotatable bonds is 3. The summed E-state index contributed by atoms with van der Waals surface area (Å²) in [6, 6.07) is 10.3. The standard InChI is InChI=1S/C14H20N2O/c15-11-13(17)16-14(9-5-2-6-10-14)12-7-3-1-4-8-12/h1,3-4,7-8H,2,5-6,9-11,15H2,(H,16,17). The molecule has 0 radical (unpaired) electrons. The summed E-state index contributed by atoms with van der Waals surface area (Å²) in [6.45, 7) is 0.0641. The van der Waals surface area contributed by atoms with Crippen LogP contribution in [0.1, 0.15) is 37.7 Å². The minimum Gasteiger partial charge on any atom is -0.345 e. The average Bonchev–Trinajstić information content (AvgIpc) is 2.40. The summed E-state index contributed by atoms with van der Waals surface area (Å²) in [5.41, 5.74) is 6.44. The van der Waals surface area contributed by atoms with Gasteiger partial charge in [0.05, 0.1) is 12.1 Å². The highest BCUT2D eigenvalue weighted by Gasteiger charge is 2.34. The van der Waals surface area contributed by atoms with Gasteiger partial charge in [-0.3, -0.25) is 4.79 Å². The molecular weight excluding hydrogens is 212 g/mol. The van der Waals surface area contributed by atoms with E-state index in [2.05, 4.69) is 17.4 Å². The third kappa shape index (κ3) is 2.67. The molecule has 0 saturated heterocycles. The van der Waals surface area contributed by atoms with Crippen molar-refractivity contribution >= 4 is 5.91 Å². The van der Waals surface area contributed by atoms with Crippen LogP contribution < -0.4 is 11.1 Å². The molecule has 1 aliphatic rings. The fourth-order valence-corrected chi connectivity index (χ4v) is 2.72. The predicted molar refractivity (Wildman–Crippen MR) is 68.4 cm³/mol. The molecule has 3 N–H and O–H groups in total. The number of hydrogen-bond donors (Lipinski definition) is 2. The van der Waals surface area contributed by atoms with E-state index in [4.69, 9.17) is 5.73 Å². The highest BCUT2D eigenvalue weighted by molar-refractivity contribution is 5.78. The van der Waals surface area contributed by atoms with E-state index in [0.717, 1.165) is 12.8 Å². The summed E-state index contributed by atoms with van der Waals surface area (Å²) in [7, 11) is 0. The Morgan fingerprint density at radius 2 is 1.82 bits per heavy atom. The summed E-state index contributed by atoms with van der Waals surface area (Å²) >= 11 is 0. The molecule has 0 spiro atoms. The number of nitrogens with one attached hydrogen (secondary N) is 1. The van der Waals surface area contributed by atoms with E-state index in [0.29, 0.717) is 0 Å². The van der Waals surface area contributed by atoms with Crippen molar-refractivity contribution in [1.29, 1.82) is 0 Å². The Morgan fingerprint density at radius 3 is 2.41 bits per heavy atom. The van der Waals surface area contributed by atoms with E-state index in [1.807, 2.05) is 18.2 Å². The smallest absolute Gasteiger partial charge is 0.234 e. The van der Waals surface area contributed by atoms with Crippen LogP contribution >= 0.6 is 0 Å². The lowest BCUT2D eigenvalue weighted by atomic mass is 9.76. The molecule has 0 heterocycles. The predicted octanol–water partition coefficient (Wildman–Crippen LogP) is 1.92. The van der Waals surface area contributed by atoms with Crippen molar-refractivity contribution in [3.63, 3.8) is 0 Å². The summed E-state index contributed by atoms with van der Waals surface area (Å²) in [5, 5.41) is 3.13. The molecular formula is C14H20N2O. The molecule has 0 bridgehead atoms. The van der Waals surface area contributed by atoms with Gasteiger partial charge >= 0.3 is 0 Å². The zero-order valence-corrected chi connectivity index (χ0v) is 10.1. The third-order valence-corrected chi connectivity index (χ3v) is 3.60. The first-order chi connectivity index (χ1) is 8.27. The van der Waals surface area contributed by atoms with Gasteiger partial charge in [0.15, 0.2) is 0 Å². The monoisotopic (exact) mass is 232 g/mol. The lowest BCUT2D eigenvalue weighted by Crippen LogP contribution is -2.49.